The number of rotatable bonds is 6. The van der Waals surface area contributed by atoms with E-state index in [1.165, 1.54) is 10.5 Å². The molecule has 0 spiro atoms. The summed E-state index contributed by atoms with van der Waals surface area (Å²) in [5.74, 6) is 1.82. The van der Waals surface area contributed by atoms with Crippen LogP contribution in [0.5, 0.6) is 0 Å². The summed E-state index contributed by atoms with van der Waals surface area (Å²) in [4.78, 5) is 5.55. The number of aromatic nitrogens is 1. The zero-order valence-electron chi connectivity index (χ0n) is 11.0. The van der Waals surface area contributed by atoms with E-state index in [2.05, 4.69) is 23.3 Å². The van der Waals surface area contributed by atoms with Gasteiger partial charge in [-0.1, -0.05) is 18.2 Å². The first-order chi connectivity index (χ1) is 9.31. The summed E-state index contributed by atoms with van der Waals surface area (Å²) in [6.07, 6.45) is 1.91. The third-order valence-corrected chi connectivity index (χ3v) is 3.78. The Hall–Kier alpha value is -1.52. The van der Waals surface area contributed by atoms with Gasteiger partial charge in [0.05, 0.1) is 6.61 Å². The van der Waals surface area contributed by atoms with Gasteiger partial charge in [0.15, 0.2) is 0 Å². The van der Waals surface area contributed by atoms with Gasteiger partial charge < -0.3 is 10.4 Å². The molecule has 1 aromatic heterocycles. The van der Waals surface area contributed by atoms with Crippen LogP contribution in [0.3, 0.4) is 0 Å². The fourth-order valence-electron chi connectivity index (χ4n) is 1.65. The average Bonchev–Trinajstić information content (AvgIpc) is 2.47. The Labute approximate surface area is 118 Å². The summed E-state index contributed by atoms with van der Waals surface area (Å²) in [5, 5.41) is 12.2. The van der Waals surface area contributed by atoms with Crippen molar-refractivity contribution in [2.24, 2.45) is 0 Å². The molecule has 19 heavy (non-hydrogen) atoms. The average molecular weight is 274 g/mol. The minimum absolute atomic E-state index is 0.0980. The van der Waals surface area contributed by atoms with E-state index < -0.39 is 0 Å². The molecule has 2 aromatic rings. The summed E-state index contributed by atoms with van der Waals surface area (Å²) >= 11 is 1.77. The van der Waals surface area contributed by atoms with E-state index in [0.717, 1.165) is 23.7 Å². The van der Waals surface area contributed by atoms with Crippen LogP contribution in [0.2, 0.25) is 0 Å². The van der Waals surface area contributed by atoms with Crippen LogP contribution in [0.4, 0.5) is 5.82 Å². The highest BCUT2D eigenvalue weighted by Crippen LogP contribution is 2.23. The molecular weight excluding hydrogens is 256 g/mol. The number of aliphatic hydroxyl groups excluding tert-OH is 1. The minimum atomic E-state index is 0.0980. The van der Waals surface area contributed by atoms with Crippen molar-refractivity contribution in [1.29, 1.82) is 0 Å². The zero-order chi connectivity index (χ0) is 13.5. The van der Waals surface area contributed by atoms with Crippen molar-refractivity contribution in [1.82, 2.24) is 4.98 Å². The van der Waals surface area contributed by atoms with Crippen LogP contribution in [0.25, 0.3) is 0 Å². The lowest BCUT2D eigenvalue weighted by atomic mass is 10.2. The molecule has 0 atom stereocenters. The highest BCUT2D eigenvalue weighted by molar-refractivity contribution is 7.98. The number of anilines is 1. The first-order valence-electron chi connectivity index (χ1n) is 6.33. The molecular formula is C15H18N2OS. The maximum atomic E-state index is 8.99. The number of nitrogens with zero attached hydrogens (tertiary/aromatic N) is 1. The Balaban J connectivity index is 1.90. The molecule has 100 valence electrons. The summed E-state index contributed by atoms with van der Waals surface area (Å²) < 4.78 is 0. The molecule has 1 heterocycles. The monoisotopic (exact) mass is 274 g/mol. The molecule has 0 aliphatic carbocycles. The molecule has 4 heteroatoms. The summed E-state index contributed by atoms with van der Waals surface area (Å²) in [7, 11) is 0. The van der Waals surface area contributed by atoms with E-state index in [1.807, 2.05) is 36.5 Å². The lowest BCUT2D eigenvalue weighted by molar-refractivity contribution is 0.282. The van der Waals surface area contributed by atoms with Crippen LogP contribution in [-0.4, -0.2) is 16.6 Å². The predicted molar refractivity (Wildman–Crippen MR) is 80.3 cm³/mol. The molecule has 0 unspecified atom stereocenters. The maximum absolute atomic E-state index is 8.99. The van der Waals surface area contributed by atoms with Crippen molar-refractivity contribution in [3.63, 3.8) is 0 Å². The Kier molecular flexibility index (Phi) is 5.24. The van der Waals surface area contributed by atoms with Crippen molar-refractivity contribution in [3.05, 3.63) is 53.7 Å². The van der Waals surface area contributed by atoms with Crippen LogP contribution in [0.15, 0.2) is 47.5 Å². The van der Waals surface area contributed by atoms with Gasteiger partial charge in [0, 0.05) is 23.4 Å². The van der Waals surface area contributed by atoms with Crippen LogP contribution in [-0.2, 0) is 12.4 Å². The molecule has 1 aromatic carbocycles. The van der Waals surface area contributed by atoms with E-state index in [-0.39, 0.29) is 6.61 Å². The molecule has 0 fully saturated rings. The molecule has 0 saturated carbocycles. The highest BCUT2D eigenvalue weighted by Gasteiger charge is 1.98. The van der Waals surface area contributed by atoms with Crippen LogP contribution in [0.1, 0.15) is 18.1 Å². The maximum Gasteiger partial charge on any atom is 0.125 e. The van der Waals surface area contributed by atoms with Crippen molar-refractivity contribution >= 4 is 17.6 Å². The fraction of sp³-hybridized carbons (Fsp3) is 0.267. The minimum Gasteiger partial charge on any atom is -0.392 e. The molecule has 0 bridgehead atoms. The van der Waals surface area contributed by atoms with Gasteiger partial charge in [-0.25, -0.2) is 4.98 Å². The second-order valence-corrected chi connectivity index (χ2v) is 5.22. The molecule has 2 N–H and O–H groups in total. The van der Waals surface area contributed by atoms with E-state index in [0.29, 0.717) is 0 Å². The number of nitrogens with one attached hydrogen (secondary N) is 1. The Morgan fingerprint density at radius 2 is 1.84 bits per heavy atom. The Morgan fingerprint density at radius 3 is 2.42 bits per heavy atom. The number of hydrogen-bond acceptors (Lipinski definition) is 4. The number of benzene rings is 1. The molecule has 0 aliphatic rings. The van der Waals surface area contributed by atoms with Crippen molar-refractivity contribution in [2.45, 2.75) is 24.2 Å². The summed E-state index contributed by atoms with van der Waals surface area (Å²) in [6, 6.07) is 12.1. The first kappa shape index (κ1) is 13.9. The standard InChI is InChI=1S/C15H18N2OS/c1-2-16-15-8-5-13(9-17-15)11-19-14-6-3-12(10-18)4-7-14/h3-9,18H,2,10-11H2,1H3,(H,16,17). The molecule has 0 saturated heterocycles. The summed E-state index contributed by atoms with van der Waals surface area (Å²) in [5.41, 5.74) is 2.15. The normalized spacial score (nSPS) is 10.4. The topological polar surface area (TPSA) is 45.1 Å². The molecule has 0 radical (unpaired) electrons. The zero-order valence-corrected chi connectivity index (χ0v) is 11.8. The lowest BCUT2D eigenvalue weighted by Crippen LogP contribution is -1.98. The van der Waals surface area contributed by atoms with Crippen molar-refractivity contribution in [2.75, 3.05) is 11.9 Å². The predicted octanol–water partition coefficient (Wildman–Crippen LogP) is 3.30. The van der Waals surface area contributed by atoms with Crippen LogP contribution in [0, 0.1) is 0 Å². The van der Waals surface area contributed by atoms with Gasteiger partial charge >= 0.3 is 0 Å². The van der Waals surface area contributed by atoms with Gasteiger partial charge in [-0.15, -0.1) is 11.8 Å². The van der Waals surface area contributed by atoms with Crippen LogP contribution < -0.4 is 5.32 Å². The molecule has 0 aliphatic heterocycles. The van der Waals surface area contributed by atoms with Crippen LogP contribution >= 0.6 is 11.8 Å². The molecule has 2 rings (SSSR count). The van der Waals surface area contributed by atoms with E-state index >= 15 is 0 Å². The number of thioether (sulfide) groups is 1. The van der Waals surface area contributed by atoms with Crippen molar-refractivity contribution < 1.29 is 5.11 Å². The Bertz CT molecular complexity index is 497. The van der Waals surface area contributed by atoms with E-state index in [1.54, 1.807) is 11.8 Å². The second-order valence-electron chi connectivity index (χ2n) is 4.17. The van der Waals surface area contributed by atoms with Gasteiger partial charge in [-0.05, 0) is 36.2 Å². The largest absolute Gasteiger partial charge is 0.392 e. The number of pyridine rings is 1. The smallest absolute Gasteiger partial charge is 0.125 e. The van der Waals surface area contributed by atoms with E-state index in [9.17, 15) is 0 Å². The van der Waals surface area contributed by atoms with Gasteiger partial charge in [0.25, 0.3) is 0 Å². The number of hydrogen-bond donors (Lipinski definition) is 2. The lowest BCUT2D eigenvalue weighted by Gasteiger charge is -2.05. The van der Waals surface area contributed by atoms with Gasteiger partial charge in [-0.2, -0.15) is 0 Å². The molecule has 3 nitrogen and oxygen atoms in total. The van der Waals surface area contributed by atoms with Gasteiger partial charge in [-0.3, -0.25) is 0 Å². The van der Waals surface area contributed by atoms with Gasteiger partial charge in [0.1, 0.15) is 5.82 Å². The second kappa shape index (κ2) is 7.16. The van der Waals surface area contributed by atoms with E-state index in [4.69, 9.17) is 5.11 Å². The summed E-state index contributed by atoms with van der Waals surface area (Å²) in [6.45, 7) is 3.04. The molecule has 0 amide bonds. The highest BCUT2D eigenvalue weighted by atomic mass is 32.2. The SMILES string of the molecule is CCNc1ccc(CSc2ccc(CO)cc2)cn1. The quantitative estimate of drug-likeness (QED) is 0.793. The van der Waals surface area contributed by atoms with Gasteiger partial charge in [0.2, 0.25) is 0 Å². The third-order valence-electron chi connectivity index (χ3n) is 2.69. The third kappa shape index (κ3) is 4.26. The first-order valence-corrected chi connectivity index (χ1v) is 7.31. The fourth-order valence-corrected chi connectivity index (χ4v) is 2.49. The number of aliphatic hydroxyl groups is 1. The van der Waals surface area contributed by atoms with Crippen molar-refractivity contribution in [3.8, 4) is 0 Å². The Morgan fingerprint density at radius 1 is 1.11 bits per heavy atom.